The summed E-state index contributed by atoms with van der Waals surface area (Å²) in [6.45, 7) is 0. The van der Waals surface area contributed by atoms with Crippen LogP contribution in [0.4, 0.5) is 11.6 Å². The average Bonchev–Trinajstić information content (AvgIpc) is 3.15. The second-order valence-electron chi connectivity index (χ2n) is 5.91. The summed E-state index contributed by atoms with van der Waals surface area (Å²) >= 11 is 0. The second-order valence-corrected chi connectivity index (χ2v) is 5.91. The normalized spacial score (nSPS) is 14.2. The zero-order valence-electron chi connectivity index (χ0n) is 14.4. The Morgan fingerprint density at radius 3 is 2.68 bits per heavy atom. The Hall–Kier alpha value is -2.83. The van der Waals surface area contributed by atoms with E-state index in [-0.39, 0.29) is 11.9 Å². The number of hydrogen-bond donors (Lipinski definition) is 2. The number of aromatic nitrogens is 2. The third kappa shape index (κ3) is 4.17. The predicted molar refractivity (Wildman–Crippen MR) is 94.6 cm³/mol. The van der Waals surface area contributed by atoms with Gasteiger partial charge in [-0.1, -0.05) is 12.8 Å². The van der Waals surface area contributed by atoms with Gasteiger partial charge in [-0.3, -0.25) is 4.79 Å². The van der Waals surface area contributed by atoms with Gasteiger partial charge in [0.1, 0.15) is 17.2 Å². The molecular weight excluding hydrogens is 320 g/mol. The van der Waals surface area contributed by atoms with Crippen LogP contribution in [0.5, 0.6) is 11.5 Å². The molecule has 0 spiro atoms. The summed E-state index contributed by atoms with van der Waals surface area (Å²) in [5.41, 5.74) is 1.00. The number of rotatable bonds is 6. The van der Waals surface area contributed by atoms with Crippen molar-refractivity contribution in [1.29, 1.82) is 0 Å². The number of benzene rings is 1. The topological polar surface area (TPSA) is 85.4 Å². The Morgan fingerprint density at radius 1 is 1.16 bits per heavy atom. The third-order valence-electron chi connectivity index (χ3n) is 4.23. The Bertz CT molecular complexity index is 745. The van der Waals surface area contributed by atoms with E-state index in [9.17, 15) is 4.79 Å². The van der Waals surface area contributed by atoms with Gasteiger partial charge in [-0.25, -0.2) is 9.97 Å². The van der Waals surface area contributed by atoms with Gasteiger partial charge in [-0.05, 0) is 31.0 Å². The van der Waals surface area contributed by atoms with Crippen molar-refractivity contribution in [3.8, 4) is 11.5 Å². The standard InChI is InChI=1S/C18H22N4O3/c1-24-13-7-8-16(25-2)15(11-13)22-18-19-10-9-14(21-18)17(23)20-12-5-3-4-6-12/h7-12H,3-6H2,1-2H3,(H,20,23)(H,19,21,22). The van der Waals surface area contributed by atoms with E-state index in [1.165, 1.54) is 0 Å². The van der Waals surface area contributed by atoms with Gasteiger partial charge < -0.3 is 20.1 Å². The number of anilines is 2. The summed E-state index contributed by atoms with van der Waals surface area (Å²) in [5, 5.41) is 6.11. The van der Waals surface area contributed by atoms with Crippen LogP contribution in [-0.4, -0.2) is 36.1 Å². The lowest BCUT2D eigenvalue weighted by molar-refractivity contribution is 0.0933. The Balaban J connectivity index is 1.76. The van der Waals surface area contributed by atoms with Gasteiger partial charge in [0.15, 0.2) is 0 Å². The third-order valence-corrected chi connectivity index (χ3v) is 4.23. The summed E-state index contributed by atoms with van der Waals surface area (Å²) in [4.78, 5) is 20.8. The number of carbonyl (C=O) groups excluding carboxylic acids is 1. The minimum absolute atomic E-state index is 0.171. The van der Waals surface area contributed by atoms with Gasteiger partial charge in [-0.2, -0.15) is 0 Å². The molecule has 1 fully saturated rings. The summed E-state index contributed by atoms with van der Waals surface area (Å²) < 4.78 is 10.6. The number of hydrogen-bond acceptors (Lipinski definition) is 6. The molecule has 3 rings (SSSR count). The number of nitrogens with one attached hydrogen (secondary N) is 2. The van der Waals surface area contributed by atoms with Gasteiger partial charge in [0.25, 0.3) is 5.91 Å². The molecule has 0 atom stereocenters. The van der Waals surface area contributed by atoms with Crippen molar-refractivity contribution >= 4 is 17.5 Å². The Morgan fingerprint density at radius 2 is 1.96 bits per heavy atom. The first-order chi connectivity index (χ1) is 12.2. The number of methoxy groups -OCH3 is 2. The molecule has 2 N–H and O–H groups in total. The molecular formula is C18H22N4O3. The maximum absolute atomic E-state index is 12.4. The maximum atomic E-state index is 12.4. The van der Waals surface area contributed by atoms with Crippen molar-refractivity contribution in [1.82, 2.24) is 15.3 Å². The molecule has 7 nitrogen and oxygen atoms in total. The molecule has 1 aromatic carbocycles. The van der Waals surface area contributed by atoms with Crippen molar-refractivity contribution in [2.24, 2.45) is 0 Å². The van der Waals surface area contributed by atoms with Crippen LogP contribution in [-0.2, 0) is 0 Å². The summed E-state index contributed by atoms with van der Waals surface area (Å²) in [7, 11) is 3.18. The highest BCUT2D eigenvalue weighted by Gasteiger charge is 2.19. The van der Waals surface area contributed by atoms with Gasteiger partial charge in [0, 0.05) is 18.3 Å². The molecule has 1 amide bonds. The average molecular weight is 342 g/mol. The van der Waals surface area contributed by atoms with Crippen molar-refractivity contribution in [3.05, 3.63) is 36.2 Å². The van der Waals surface area contributed by atoms with Crippen LogP contribution in [0.25, 0.3) is 0 Å². The van der Waals surface area contributed by atoms with Crippen molar-refractivity contribution in [2.75, 3.05) is 19.5 Å². The molecule has 25 heavy (non-hydrogen) atoms. The lowest BCUT2D eigenvalue weighted by Crippen LogP contribution is -2.33. The number of amides is 1. The molecule has 0 radical (unpaired) electrons. The molecule has 1 aliphatic rings. The molecule has 1 heterocycles. The SMILES string of the molecule is COc1ccc(OC)c(Nc2nccc(C(=O)NC3CCCC3)n2)c1. The molecule has 0 aliphatic heterocycles. The molecule has 0 saturated heterocycles. The fourth-order valence-electron chi connectivity index (χ4n) is 2.91. The zero-order chi connectivity index (χ0) is 17.6. The van der Waals surface area contributed by atoms with Crippen LogP contribution in [0.3, 0.4) is 0 Å². The molecule has 0 unspecified atom stereocenters. The molecule has 1 aliphatic carbocycles. The monoisotopic (exact) mass is 342 g/mol. The van der Waals surface area contributed by atoms with E-state index in [1.54, 1.807) is 44.7 Å². The van der Waals surface area contributed by atoms with E-state index in [4.69, 9.17) is 9.47 Å². The highest BCUT2D eigenvalue weighted by Crippen LogP contribution is 2.30. The number of ether oxygens (including phenoxy) is 2. The fraction of sp³-hybridized carbons (Fsp3) is 0.389. The summed E-state index contributed by atoms with van der Waals surface area (Å²) in [6, 6.07) is 7.23. The number of nitrogens with zero attached hydrogens (tertiary/aromatic N) is 2. The molecule has 1 aromatic heterocycles. The highest BCUT2D eigenvalue weighted by atomic mass is 16.5. The van der Waals surface area contributed by atoms with Crippen LogP contribution in [0.1, 0.15) is 36.2 Å². The first-order valence-corrected chi connectivity index (χ1v) is 8.32. The van der Waals surface area contributed by atoms with Crippen LogP contribution in [0, 0.1) is 0 Å². The molecule has 7 heteroatoms. The van der Waals surface area contributed by atoms with E-state index in [2.05, 4.69) is 20.6 Å². The van der Waals surface area contributed by atoms with E-state index in [1.807, 2.05) is 0 Å². The fourth-order valence-corrected chi connectivity index (χ4v) is 2.91. The van der Waals surface area contributed by atoms with Crippen molar-refractivity contribution in [3.63, 3.8) is 0 Å². The number of carbonyl (C=O) groups is 1. The van der Waals surface area contributed by atoms with Crippen LogP contribution < -0.4 is 20.1 Å². The van der Waals surface area contributed by atoms with E-state index in [0.29, 0.717) is 28.8 Å². The summed E-state index contributed by atoms with van der Waals surface area (Å²) in [6.07, 6.45) is 5.95. The summed E-state index contributed by atoms with van der Waals surface area (Å²) in [5.74, 6) is 1.46. The van der Waals surface area contributed by atoms with Crippen molar-refractivity contribution < 1.29 is 14.3 Å². The van der Waals surface area contributed by atoms with E-state index < -0.39 is 0 Å². The second kappa shape index (κ2) is 7.83. The molecule has 0 bridgehead atoms. The lowest BCUT2D eigenvalue weighted by Gasteiger charge is -2.13. The van der Waals surface area contributed by atoms with Crippen LogP contribution >= 0.6 is 0 Å². The van der Waals surface area contributed by atoms with Gasteiger partial charge in [0.05, 0.1) is 19.9 Å². The van der Waals surface area contributed by atoms with E-state index >= 15 is 0 Å². The minimum atomic E-state index is -0.171. The molecule has 132 valence electrons. The van der Waals surface area contributed by atoms with Crippen LogP contribution in [0.15, 0.2) is 30.5 Å². The van der Waals surface area contributed by atoms with Gasteiger partial charge in [0.2, 0.25) is 5.95 Å². The minimum Gasteiger partial charge on any atom is -0.497 e. The largest absolute Gasteiger partial charge is 0.497 e. The zero-order valence-corrected chi connectivity index (χ0v) is 14.4. The van der Waals surface area contributed by atoms with Gasteiger partial charge in [-0.15, -0.1) is 0 Å². The quantitative estimate of drug-likeness (QED) is 0.839. The highest BCUT2D eigenvalue weighted by molar-refractivity contribution is 5.92. The predicted octanol–water partition coefficient (Wildman–Crippen LogP) is 2.91. The molecule has 2 aromatic rings. The Kier molecular flexibility index (Phi) is 5.33. The lowest BCUT2D eigenvalue weighted by atomic mass is 10.2. The van der Waals surface area contributed by atoms with Gasteiger partial charge >= 0.3 is 0 Å². The van der Waals surface area contributed by atoms with Crippen molar-refractivity contribution in [2.45, 2.75) is 31.7 Å². The van der Waals surface area contributed by atoms with E-state index in [0.717, 1.165) is 25.7 Å². The maximum Gasteiger partial charge on any atom is 0.270 e. The smallest absolute Gasteiger partial charge is 0.270 e. The van der Waals surface area contributed by atoms with Crippen LogP contribution in [0.2, 0.25) is 0 Å². The molecule has 1 saturated carbocycles. The first kappa shape index (κ1) is 17.0. The first-order valence-electron chi connectivity index (χ1n) is 8.32. The Labute approximate surface area is 146 Å².